The number of aromatic nitrogens is 4. The van der Waals surface area contributed by atoms with Crippen molar-refractivity contribution in [2.24, 2.45) is 0 Å². The van der Waals surface area contributed by atoms with E-state index >= 15 is 0 Å². The van der Waals surface area contributed by atoms with Crippen molar-refractivity contribution in [3.63, 3.8) is 0 Å². The van der Waals surface area contributed by atoms with Crippen LogP contribution in [-0.4, -0.2) is 20.2 Å². The Kier molecular flexibility index (Phi) is 8.48. The van der Waals surface area contributed by atoms with E-state index in [4.69, 9.17) is 14.4 Å². The molecule has 9 rings (SSSR count). The van der Waals surface area contributed by atoms with Gasteiger partial charge in [0, 0.05) is 27.8 Å². The summed E-state index contributed by atoms with van der Waals surface area (Å²) in [5.41, 5.74) is 13.4. The molecule has 0 bridgehead atoms. The average Bonchev–Trinajstić information content (AvgIpc) is 3.75. The first-order valence-electron chi connectivity index (χ1n) is 17.5. The lowest BCUT2D eigenvalue weighted by Crippen LogP contribution is -1.96. The Morgan fingerprint density at radius 1 is 0.264 bits per heavy atom. The van der Waals surface area contributed by atoms with Crippen LogP contribution in [0.25, 0.3) is 90.2 Å². The Hall–Kier alpha value is -7.24. The average molecular weight is 681 g/mol. The first-order chi connectivity index (χ1) is 26.2. The monoisotopic (exact) mass is 680 g/mol. The van der Waals surface area contributed by atoms with Crippen molar-refractivity contribution < 1.29 is 4.42 Å². The molecule has 2 aromatic heterocycles. The van der Waals surface area contributed by atoms with Gasteiger partial charge in [-0.05, 0) is 81.9 Å². The fraction of sp³-hybridized carbons (Fsp3) is 0. The van der Waals surface area contributed by atoms with E-state index in [1.54, 1.807) is 0 Å². The van der Waals surface area contributed by atoms with Crippen molar-refractivity contribution >= 4 is 0 Å². The first-order valence-corrected chi connectivity index (χ1v) is 17.5. The minimum atomic E-state index is 0.497. The topological polar surface area (TPSA) is 64.7 Å². The van der Waals surface area contributed by atoms with E-state index in [0.29, 0.717) is 17.6 Å². The van der Waals surface area contributed by atoms with Gasteiger partial charge in [0.25, 0.3) is 0 Å². The highest BCUT2D eigenvalue weighted by Gasteiger charge is 2.13. The molecule has 5 heteroatoms. The molecule has 0 radical (unpaired) electrons. The van der Waals surface area contributed by atoms with Crippen LogP contribution < -0.4 is 0 Å². The number of nitrogens with zero attached hydrogens (tertiary/aromatic N) is 4. The zero-order chi connectivity index (χ0) is 35.4. The summed E-state index contributed by atoms with van der Waals surface area (Å²) in [6.07, 6.45) is 0. The van der Waals surface area contributed by atoms with Crippen LogP contribution in [0, 0.1) is 0 Å². The third-order valence-electron chi connectivity index (χ3n) is 9.29. The fourth-order valence-electron chi connectivity index (χ4n) is 6.53. The molecule has 53 heavy (non-hydrogen) atoms. The smallest absolute Gasteiger partial charge is 0.248 e. The Labute approximate surface area is 308 Å². The second-order valence-corrected chi connectivity index (χ2v) is 12.8. The lowest BCUT2D eigenvalue weighted by atomic mass is 9.95. The van der Waals surface area contributed by atoms with Crippen LogP contribution >= 0.6 is 0 Å². The molecule has 9 aromatic rings. The Bertz CT molecular complexity index is 2600. The molecule has 2 heterocycles. The van der Waals surface area contributed by atoms with Gasteiger partial charge in [0.2, 0.25) is 11.8 Å². The zero-order valence-electron chi connectivity index (χ0n) is 28.7. The Morgan fingerprint density at radius 3 is 1.08 bits per heavy atom. The quantitative estimate of drug-likeness (QED) is 0.160. The van der Waals surface area contributed by atoms with Gasteiger partial charge in [0.1, 0.15) is 0 Å². The van der Waals surface area contributed by atoms with Gasteiger partial charge in [-0.2, -0.15) is 0 Å². The standard InChI is InChI=1S/C48H32N4O/c1-4-13-34(14-5-1)44-32-45(35-15-6-2-7-16-35)50-46(49-44)43-24-12-23-42(31-43)41-22-11-21-40(30-41)39-20-10-19-38(29-39)33-25-27-37(28-26-33)48-52-51-47(53-48)36-17-8-3-9-18-36/h1-32H. The number of benzene rings is 7. The molecule has 0 aliphatic heterocycles. The van der Waals surface area contributed by atoms with Gasteiger partial charge in [-0.1, -0.05) is 146 Å². The first kappa shape index (κ1) is 31.7. The van der Waals surface area contributed by atoms with Gasteiger partial charge in [0.15, 0.2) is 5.82 Å². The summed E-state index contributed by atoms with van der Waals surface area (Å²) in [4.78, 5) is 10.1. The van der Waals surface area contributed by atoms with Crippen molar-refractivity contribution in [1.29, 1.82) is 0 Å². The summed E-state index contributed by atoms with van der Waals surface area (Å²) in [6, 6.07) is 66.5. The van der Waals surface area contributed by atoms with Gasteiger partial charge in [-0.3, -0.25) is 0 Å². The van der Waals surface area contributed by atoms with Crippen molar-refractivity contribution in [3.8, 4) is 90.2 Å². The second kappa shape index (κ2) is 14.2. The van der Waals surface area contributed by atoms with E-state index in [0.717, 1.165) is 72.6 Å². The van der Waals surface area contributed by atoms with Crippen molar-refractivity contribution in [2.45, 2.75) is 0 Å². The molecule has 0 spiro atoms. The summed E-state index contributed by atoms with van der Waals surface area (Å²) in [6.45, 7) is 0. The summed E-state index contributed by atoms with van der Waals surface area (Å²) in [7, 11) is 0. The van der Waals surface area contributed by atoms with Gasteiger partial charge in [0.05, 0.1) is 11.4 Å². The molecule has 0 atom stereocenters. The lowest BCUT2D eigenvalue weighted by Gasteiger charge is -2.11. The van der Waals surface area contributed by atoms with Gasteiger partial charge in [-0.25, -0.2) is 9.97 Å². The minimum absolute atomic E-state index is 0.497. The molecule has 0 unspecified atom stereocenters. The molecule has 0 fully saturated rings. The van der Waals surface area contributed by atoms with Crippen LogP contribution in [0.15, 0.2) is 199 Å². The molecule has 0 N–H and O–H groups in total. The molecule has 250 valence electrons. The highest BCUT2D eigenvalue weighted by atomic mass is 16.4. The molecule has 0 saturated carbocycles. The maximum absolute atomic E-state index is 5.98. The SMILES string of the molecule is c1ccc(-c2cc(-c3ccccc3)nc(-c3cccc(-c4cccc(-c5cccc(-c6ccc(-c7nnc(-c8ccccc8)o7)cc6)c5)c4)c3)n2)cc1. The molecule has 0 aliphatic carbocycles. The highest BCUT2D eigenvalue weighted by Crippen LogP contribution is 2.33. The molecule has 0 aliphatic rings. The van der Waals surface area contributed by atoms with Crippen LogP contribution in [-0.2, 0) is 0 Å². The van der Waals surface area contributed by atoms with E-state index in [1.807, 2.05) is 78.9 Å². The predicted molar refractivity (Wildman–Crippen MR) is 213 cm³/mol. The second-order valence-electron chi connectivity index (χ2n) is 12.8. The van der Waals surface area contributed by atoms with Crippen LogP contribution in [0.2, 0.25) is 0 Å². The van der Waals surface area contributed by atoms with Gasteiger partial charge < -0.3 is 4.42 Å². The van der Waals surface area contributed by atoms with Crippen LogP contribution in [0.1, 0.15) is 0 Å². The molecular weight excluding hydrogens is 649 g/mol. The van der Waals surface area contributed by atoms with Gasteiger partial charge >= 0.3 is 0 Å². The van der Waals surface area contributed by atoms with Crippen LogP contribution in [0.4, 0.5) is 0 Å². The number of rotatable bonds is 8. The highest BCUT2D eigenvalue weighted by molar-refractivity contribution is 5.79. The summed E-state index contributed by atoms with van der Waals surface area (Å²) in [5.74, 6) is 1.70. The third kappa shape index (κ3) is 6.79. The maximum atomic E-state index is 5.98. The van der Waals surface area contributed by atoms with Crippen molar-refractivity contribution in [3.05, 3.63) is 194 Å². The van der Waals surface area contributed by atoms with E-state index in [2.05, 4.69) is 125 Å². The van der Waals surface area contributed by atoms with Crippen LogP contribution in [0.5, 0.6) is 0 Å². The lowest BCUT2D eigenvalue weighted by molar-refractivity contribution is 0.584. The normalized spacial score (nSPS) is 11.0. The van der Waals surface area contributed by atoms with Crippen molar-refractivity contribution in [2.75, 3.05) is 0 Å². The van der Waals surface area contributed by atoms with E-state index in [9.17, 15) is 0 Å². The third-order valence-corrected chi connectivity index (χ3v) is 9.29. The number of hydrogen-bond acceptors (Lipinski definition) is 5. The van der Waals surface area contributed by atoms with Gasteiger partial charge in [-0.15, -0.1) is 10.2 Å². The van der Waals surface area contributed by atoms with Crippen molar-refractivity contribution in [1.82, 2.24) is 20.2 Å². The van der Waals surface area contributed by atoms with E-state index in [-0.39, 0.29) is 0 Å². The molecule has 7 aromatic carbocycles. The predicted octanol–water partition coefficient (Wildman–Crippen LogP) is 12.2. The zero-order valence-corrected chi connectivity index (χ0v) is 28.7. The molecule has 0 amide bonds. The summed E-state index contributed by atoms with van der Waals surface area (Å²) < 4.78 is 5.98. The Balaban J connectivity index is 1.000. The largest absolute Gasteiger partial charge is 0.416 e. The molecule has 0 saturated heterocycles. The molecule has 5 nitrogen and oxygen atoms in total. The summed E-state index contributed by atoms with van der Waals surface area (Å²) in [5, 5.41) is 8.53. The fourth-order valence-corrected chi connectivity index (χ4v) is 6.53. The Morgan fingerprint density at radius 2 is 0.604 bits per heavy atom. The van der Waals surface area contributed by atoms with Crippen LogP contribution in [0.3, 0.4) is 0 Å². The number of hydrogen-bond donors (Lipinski definition) is 0. The van der Waals surface area contributed by atoms with E-state index in [1.165, 1.54) is 0 Å². The maximum Gasteiger partial charge on any atom is 0.248 e. The minimum Gasteiger partial charge on any atom is -0.416 e. The summed E-state index contributed by atoms with van der Waals surface area (Å²) >= 11 is 0. The van der Waals surface area contributed by atoms with E-state index < -0.39 is 0 Å². The molecular formula is C48H32N4O.